The summed E-state index contributed by atoms with van der Waals surface area (Å²) >= 11 is 6.75. The first-order chi connectivity index (χ1) is 20.8. The maximum Gasteiger partial charge on any atom is 0.312 e. The summed E-state index contributed by atoms with van der Waals surface area (Å²) in [6, 6.07) is 0. The molecule has 12 atom stereocenters. The van der Waals surface area contributed by atoms with Crippen molar-refractivity contribution in [2.75, 3.05) is 6.61 Å². The van der Waals surface area contributed by atoms with E-state index < -0.39 is 106 Å². The van der Waals surface area contributed by atoms with Crippen LogP contribution in [0.2, 0.25) is 0 Å². The first-order valence-electron chi connectivity index (χ1n) is 14.3. The lowest BCUT2D eigenvalue weighted by atomic mass is 9.51. The maximum atomic E-state index is 13.1. The Bertz CT molecular complexity index is 1340. The van der Waals surface area contributed by atoms with Crippen LogP contribution in [0.4, 0.5) is 0 Å². The van der Waals surface area contributed by atoms with Gasteiger partial charge in [-0.1, -0.05) is 19.6 Å². The number of aliphatic hydroxyl groups is 1. The number of rotatable bonds is 5. The summed E-state index contributed by atoms with van der Waals surface area (Å²) < 4.78 is 40.5. The highest BCUT2D eigenvalue weighted by Gasteiger charge is 2.81. The first-order valence-corrected chi connectivity index (χ1v) is 14.7. The Hall–Kier alpha value is -3.49. The molecule has 0 bridgehead atoms. The average molecular weight is 657 g/mol. The lowest BCUT2D eigenvalue weighted by Gasteiger charge is -2.59. The van der Waals surface area contributed by atoms with Crippen LogP contribution < -0.4 is 0 Å². The quantitative estimate of drug-likeness (QED) is 0.191. The number of ether oxygens (including phenoxy) is 7. The van der Waals surface area contributed by atoms with E-state index >= 15 is 0 Å². The largest absolute Gasteiger partial charge is 0.459 e. The van der Waals surface area contributed by atoms with E-state index in [2.05, 4.69) is 6.58 Å². The molecule has 248 valence electrons. The molecule has 0 aromatic carbocycles. The molecule has 45 heavy (non-hydrogen) atoms. The predicted molar refractivity (Wildman–Crippen MR) is 150 cm³/mol. The topological polar surface area (TPSA) is 191 Å². The van der Waals surface area contributed by atoms with E-state index in [9.17, 15) is 33.9 Å². The number of halogens is 1. The molecule has 3 fully saturated rings. The fourth-order valence-corrected chi connectivity index (χ4v) is 7.50. The van der Waals surface area contributed by atoms with E-state index in [0.717, 1.165) is 34.6 Å². The zero-order valence-corrected chi connectivity index (χ0v) is 26.7. The second kappa shape index (κ2) is 12.0. The molecular formula is C30H37ClO14. The lowest BCUT2D eigenvalue weighted by molar-refractivity contribution is -0.280. The van der Waals surface area contributed by atoms with E-state index in [1.807, 2.05) is 0 Å². The zero-order chi connectivity index (χ0) is 33.8. The Morgan fingerprint density at radius 3 is 1.87 bits per heavy atom. The van der Waals surface area contributed by atoms with Gasteiger partial charge in [0.15, 0.2) is 30.0 Å². The molecule has 4 rings (SSSR count). The number of hydrogen-bond acceptors (Lipinski definition) is 14. The Labute approximate surface area is 264 Å². The second-order valence-corrected chi connectivity index (χ2v) is 12.6. The summed E-state index contributed by atoms with van der Waals surface area (Å²) in [5.74, 6) is -7.91. The number of esters is 6. The highest BCUT2D eigenvalue weighted by molar-refractivity contribution is 6.23. The van der Waals surface area contributed by atoms with E-state index in [0.29, 0.717) is 0 Å². The van der Waals surface area contributed by atoms with Crippen molar-refractivity contribution >= 4 is 47.4 Å². The number of carbonyl (C=O) groups is 6. The predicted octanol–water partition coefficient (Wildman–Crippen LogP) is 1.08. The zero-order valence-electron chi connectivity index (χ0n) is 25.9. The van der Waals surface area contributed by atoms with E-state index in [4.69, 9.17) is 44.8 Å². The van der Waals surface area contributed by atoms with Crippen LogP contribution in [0.25, 0.3) is 0 Å². The number of hydrogen-bond donors (Lipinski definition) is 1. The molecule has 1 N–H and O–H groups in total. The van der Waals surface area contributed by atoms with Gasteiger partial charge in [0.25, 0.3) is 0 Å². The van der Waals surface area contributed by atoms with E-state index in [1.54, 1.807) is 0 Å². The number of epoxide rings is 1. The van der Waals surface area contributed by atoms with Crippen molar-refractivity contribution in [2.45, 2.75) is 102 Å². The number of carbonyl (C=O) groups excluding carboxylic acids is 6. The SMILES string of the molecule is C=C1/C=C\[C@@H](OC(C)=O)[C@@]2(C)[C@@H](OC(C)=O)[C@@H](OC(C)=O)[C@@H](OC(C)=O)[C@]3(CO3)[C@@H]2[C@H](OC(C)=O)[C@]2(O)[C@@H](C)C(=O)O[C@H]2[C@H]1Cl. The van der Waals surface area contributed by atoms with Crippen LogP contribution in [0, 0.1) is 17.3 Å². The molecule has 4 aliphatic rings. The van der Waals surface area contributed by atoms with Gasteiger partial charge in [0, 0.05) is 40.5 Å². The van der Waals surface area contributed by atoms with Gasteiger partial charge in [-0.15, -0.1) is 11.6 Å². The summed E-state index contributed by atoms with van der Waals surface area (Å²) in [5, 5.41) is 11.4. The van der Waals surface area contributed by atoms with Crippen molar-refractivity contribution in [3.8, 4) is 0 Å². The highest BCUT2D eigenvalue weighted by Crippen LogP contribution is 2.63. The standard InChI is InChI=1S/C30H37ClO14/c1-12-9-10-19(40-14(3)32)28(8)22(26(44-18(7)36)30(38)13(2)27(37)45-23(30)20(12)31)29(11-39-29)25(43-17(6)35)21(41-15(4)33)24(28)42-16(5)34/h9-10,13,19-26,38H,1,11H2,2-8H3/b10-9-/t13-,19+,20-,21+,22+,23-,24-,25+,26-,28+,29-,30-/m0/s1. The second-order valence-electron chi connectivity index (χ2n) is 12.1. The van der Waals surface area contributed by atoms with E-state index in [-0.39, 0.29) is 12.2 Å². The van der Waals surface area contributed by atoms with Crippen molar-refractivity contribution in [3.63, 3.8) is 0 Å². The van der Waals surface area contributed by atoms with Crippen LogP contribution in [-0.2, 0) is 61.9 Å². The Morgan fingerprint density at radius 2 is 1.38 bits per heavy atom. The molecular weight excluding hydrogens is 620 g/mol. The van der Waals surface area contributed by atoms with Crippen molar-refractivity contribution in [2.24, 2.45) is 17.3 Å². The smallest absolute Gasteiger partial charge is 0.312 e. The van der Waals surface area contributed by atoms with Gasteiger partial charge in [-0.3, -0.25) is 28.8 Å². The summed E-state index contributed by atoms with van der Waals surface area (Å²) in [6.07, 6.45) is -6.63. The average Bonchev–Trinajstić information content (AvgIpc) is 3.67. The normalized spacial score (nSPS) is 42.6. The van der Waals surface area contributed by atoms with Crippen LogP contribution in [-0.4, -0.2) is 101 Å². The van der Waals surface area contributed by atoms with Crippen molar-refractivity contribution < 1.29 is 67.0 Å². The molecule has 2 aliphatic carbocycles. The fourth-order valence-electron chi connectivity index (χ4n) is 7.17. The van der Waals surface area contributed by atoms with Gasteiger partial charge in [-0.25, -0.2) is 0 Å². The fraction of sp³-hybridized carbons (Fsp3) is 0.667. The molecule has 1 spiro atoms. The highest BCUT2D eigenvalue weighted by atomic mass is 35.5. The number of alkyl halides is 1. The van der Waals surface area contributed by atoms with Gasteiger partial charge in [-0.2, -0.15) is 0 Å². The van der Waals surface area contributed by atoms with Crippen LogP contribution in [0.5, 0.6) is 0 Å². The summed E-state index contributed by atoms with van der Waals surface area (Å²) in [4.78, 5) is 76.3. The maximum absolute atomic E-state index is 13.1. The Balaban J connectivity index is 2.17. The molecule has 1 saturated carbocycles. The van der Waals surface area contributed by atoms with Crippen molar-refractivity contribution in [1.29, 1.82) is 0 Å². The minimum Gasteiger partial charge on any atom is -0.459 e. The molecule has 2 aliphatic heterocycles. The van der Waals surface area contributed by atoms with Gasteiger partial charge in [0.1, 0.15) is 17.8 Å². The molecule has 14 nitrogen and oxygen atoms in total. The Morgan fingerprint density at radius 1 is 0.889 bits per heavy atom. The van der Waals surface area contributed by atoms with Gasteiger partial charge >= 0.3 is 35.8 Å². The molecule has 15 heteroatoms. The third-order valence-electron chi connectivity index (χ3n) is 9.06. The molecule has 0 amide bonds. The van der Waals surface area contributed by atoms with Crippen LogP contribution >= 0.6 is 11.6 Å². The molecule has 0 unspecified atom stereocenters. The molecule has 0 aromatic rings. The minimum absolute atomic E-state index is 0.120. The van der Waals surface area contributed by atoms with Crippen molar-refractivity contribution in [1.82, 2.24) is 0 Å². The summed E-state index contributed by atoms with van der Waals surface area (Å²) in [5.41, 5.74) is -5.85. The monoisotopic (exact) mass is 656 g/mol. The molecule has 0 aromatic heterocycles. The third kappa shape index (κ3) is 5.72. The summed E-state index contributed by atoms with van der Waals surface area (Å²) in [6.45, 7) is 12.0. The van der Waals surface area contributed by atoms with Gasteiger partial charge in [0.2, 0.25) is 0 Å². The number of fused-ring (bicyclic) bond motifs is 3. The minimum atomic E-state index is -2.41. The van der Waals surface area contributed by atoms with Crippen molar-refractivity contribution in [3.05, 3.63) is 24.3 Å². The van der Waals surface area contributed by atoms with Gasteiger partial charge in [-0.05, 0) is 18.6 Å². The van der Waals surface area contributed by atoms with E-state index in [1.165, 1.54) is 26.0 Å². The molecule has 0 radical (unpaired) electrons. The molecule has 2 saturated heterocycles. The van der Waals surface area contributed by atoms with Gasteiger partial charge < -0.3 is 38.3 Å². The third-order valence-corrected chi connectivity index (χ3v) is 9.57. The first kappa shape index (κ1) is 34.4. The Kier molecular flexibility index (Phi) is 9.19. The molecule has 2 heterocycles. The number of allylic oxidation sites excluding steroid dienone is 1. The van der Waals surface area contributed by atoms with Crippen LogP contribution in [0.15, 0.2) is 24.3 Å². The van der Waals surface area contributed by atoms with Gasteiger partial charge in [0.05, 0.1) is 23.3 Å². The lowest BCUT2D eigenvalue weighted by Crippen LogP contribution is -2.76. The summed E-state index contributed by atoms with van der Waals surface area (Å²) in [7, 11) is 0. The van der Waals surface area contributed by atoms with Crippen LogP contribution in [0.1, 0.15) is 48.5 Å². The van der Waals surface area contributed by atoms with Crippen LogP contribution in [0.3, 0.4) is 0 Å².